The van der Waals surface area contributed by atoms with E-state index in [-0.39, 0.29) is 0 Å². The molecule has 0 heteroatoms. The molecule has 1 rings (SSSR count). The second-order valence-corrected chi connectivity index (χ2v) is 5.06. The average Bonchev–Trinajstić information content (AvgIpc) is 2.05. The molecule has 1 aliphatic carbocycles. The summed E-state index contributed by atoms with van der Waals surface area (Å²) in [5.74, 6) is 1.70. The molecule has 0 amide bonds. The van der Waals surface area contributed by atoms with Crippen molar-refractivity contribution in [2.75, 3.05) is 0 Å². The van der Waals surface area contributed by atoms with E-state index in [4.69, 9.17) is 0 Å². The van der Waals surface area contributed by atoms with Crippen molar-refractivity contribution >= 4 is 0 Å². The van der Waals surface area contributed by atoms with Gasteiger partial charge in [0.05, 0.1) is 0 Å². The third kappa shape index (κ3) is 2.24. The predicted octanol–water partition coefficient (Wildman–Crippen LogP) is 4.06. The highest BCUT2D eigenvalue weighted by Crippen LogP contribution is 2.41. The van der Waals surface area contributed by atoms with Crippen LogP contribution < -0.4 is 0 Å². The zero-order valence-corrected chi connectivity index (χ0v) is 8.90. The molecule has 0 nitrogen and oxygen atoms in total. The molecule has 1 fully saturated rings. The molecule has 1 aliphatic rings. The van der Waals surface area contributed by atoms with Crippen LogP contribution in [0.1, 0.15) is 52.9 Å². The maximum atomic E-state index is 4.14. The molecule has 0 heterocycles. The topological polar surface area (TPSA) is 0 Å². The van der Waals surface area contributed by atoms with Crippen LogP contribution in [0.15, 0.2) is 0 Å². The van der Waals surface area contributed by atoms with Crippen molar-refractivity contribution in [1.82, 2.24) is 0 Å². The fraction of sp³-hybridized carbons (Fsp3) is 0.917. The van der Waals surface area contributed by atoms with E-state index >= 15 is 0 Å². The van der Waals surface area contributed by atoms with Crippen LogP contribution in [0.3, 0.4) is 0 Å². The van der Waals surface area contributed by atoms with Crippen LogP contribution in [0.25, 0.3) is 0 Å². The maximum absolute atomic E-state index is 4.14. The van der Waals surface area contributed by atoms with Gasteiger partial charge in [-0.15, -0.1) is 0 Å². The van der Waals surface area contributed by atoms with Gasteiger partial charge in [0.25, 0.3) is 0 Å². The first-order valence-corrected chi connectivity index (χ1v) is 5.39. The van der Waals surface area contributed by atoms with E-state index < -0.39 is 0 Å². The van der Waals surface area contributed by atoms with Crippen molar-refractivity contribution in [2.24, 2.45) is 17.3 Å². The minimum atomic E-state index is 0.570. The number of hydrogen-bond acceptors (Lipinski definition) is 0. The Bertz CT molecular complexity index is 127. The lowest BCUT2D eigenvalue weighted by atomic mass is 9.68. The van der Waals surface area contributed by atoms with E-state index in [1.54, 1.807) is 0 Å². The normalized spacial score (nSPS) is 32.0. The molecule has 71 valence electrons. The van der Waals surface area contributed by atoms with Gasteiger partial charge in [0.2, 0.25) is 0 Å². The quantitative estimate of drug-likeness (QED) is 0.581. The average molecular weight is 167 g/mol. The molecular weight excluding hydrogens is 144 g/mol. The van der Waals surface area contributed by atoms with Gasteiger partial charge < -0.3 is 0 Å². The predicted molar refractivity (Wildman–Crippen MR) is 54.9 cm³/mol. The lowest BCUT2D eigenvalue weighted by molar-refractivity contribution is 0.138. The highest BCUT2D eigenvalue weighted by Gasteiger charge is 2.30. The minimum absolute atomic E-state index is 0.570. The lowest BCUT2D eigenvalue weighted by Gasteiger charge is -2.38. The molecule has 0 spiro atoms. The first-order valence-electron chi connectivity index (χ1n) is 5.39. The third-order valence-corrected chi connectivity index (χ3v) is 3.86. The summed E-state index contributed by atoms with van der Waals surface area (Å²) in [6, 6.07) is 0. The van der Waals surface area contributed by atoms with Gasteiger partial charge in [-0.25, -0.2) is 0 Å². The van der Waals surface area contributed by atoms with Gasteiger partial charge in [0, 0.05) is 0 Å². The summed E-state index contributed by atoms with van der Waals surface area (Å²) < 4.78 is 0. The van der Waals surface area contributed by atoms with Gasteiger partial charge in [-0.2, -0.15) is 0 Å². The smallest absolute Gasteiger partial charge is 0.0329 e. The zero-order chi connectivity index (χ0) is 9.19. The van der Waals surface area contributed by atoms with Gasteiger partial charge >= 0.3 is 0 Å². The highest BCUT2D eigenvalue weighted by molar-refractivity contribution is 4.82. The lowest BCUT2D eigenvalue weighted by Crippen LogP contribution is -2.27. The summed E-state index contributed by atoms with van der Waals surface area (Å²) in [4.78, 5) is 0. The van der Waals surface area contributed by atoms with E-state index in [1.807, 2.05) is 0 Å². The monoisotopic (exact) mass is 167 g/mol. The van der Waals surface area contributed by atoms with Crippen LogP contribution in [0.2, 0.25) is 0 Å². The van der Waals surface area contributed by atoms with Crippen LogP contribution in [0, 0.1) is 24.2 Å². The van der Waals surface area contributed by atoms with Gasteiger partial charge in [0.15, 0.2) is 0 Å². The highest BCUT2D eigenvalue weighted by atomic mass is 14.4. The Morgan fingerprint density at radius 3 is 2.08 bits per heavy atom. The molecule has 0 unspecified atom stereocenters. The van der Waals surface area contributed by atoms with E-state index in [0.29, 0.717) is 5.41 Å². The van der Waals surface area contributed by atoms with E-state index in [1.165, 1.54) is 32.1 Å². The van der Waals surface area contributed by atoms with Gasteiger partial charge in [-0.1, -0.05) is 47.0 Å². The third-order valence-electron chi connectivity index (χ3n) is 3.86. The Labute approximate surface area is 77.7 Å². The second kappa shape index (κ2) is 3.81. The van der Waals surface area contributed by atoms with Crippen molar-refractivity contribution in [2.45, 2.75) is 52.9 Å². The van der Waals surface area contributed by atoms with E-state index in [2.05, 4.69) is 27.7 Å². The van der Waals surface area contributed by atoms with Crippen LogP contribution in [-0.2, 0) is 0 Å². The van der Waals surface area contributed by atoms with Gasteiger partial charge in [-0.05, 0) is 30.1 Å². The molecule has 12 heavy (non-hydrogen) atoms. The first kappa shape index (κ1) is 10.1. The minimum Gasteiger partial charge on any atom is -0.0649 e. The summed E-state index contributed by atoms with van der Waals surface area (Å²) >= 11 is 0. The molecule has 0 N–H and O–H groups in total. The Morgan fingerprint density at radius 2 is 1.67 bits per heavy atom. The molecule has 0 saturated heterocycles. The van der Waals surface area contributed by atoms with E-state index in [0.717, 1.165) is 11.8 Å². The Hall–Kier alpha value is 0. The van der Waals surface area contributed by atoms with Crippen LogP contribution in [0.4, 0.5) is 0 Å². The summed E-state index contributed by atoms with van der Waals surface area (Å²) in [5, 5.41) is 0. The second-order valence-electron chi connectivity index (χ2n) is 5.06. The number of rotatable bonds is 2. The molecule has 0 aromatic rings. The fourth-order valence-corrected chi connectivity index (χ4v) is 2.23. The van der Waals surface area contributed by atoms with Crippen LogP contribution in [-0.4, -0.2) is 0 Å². The Morgan fingerprint density at radius 1 is 1.17 bits per heavy atom. The molecule has 0 aliphatic heterocycles. The molecular formula is C12H23. The van der Waals surface area contributed by atoms with Crippen molar-refractivity contribution in [1.29, 1.82) is 0 Å². The molecule has 0 atom stereocenters. The molecule has 1 saturated carbocycles. The van der Waals surface area contributed by atoms with Crippen LogP contribution >= 0.6 is 0 Å². The summed E-state index contributed by atoms with van der Waals surface area (Å²) in [6.45, 7) is 11.3. The summed E-state index contributed by atoms with van der Waals surface area (Å²) in [6.07, 6.45) is 6.85. The summed E-state index contributed by atoms with van der Waals surface area (Å²) in [7, 11) is 0. The molecule has 0 aromatic carbocycles. The Kier molecular flexibility index (Phi) is 3.20. The first-order chi connectivity index (χ1) is 5.56. The van der Waals surface area contributed by atoms with Crippen molar-refractivity contribution in [3.63, 3.8) is 0 Å². The Balaban J connectivity index is 2.44. The SMILES string of the molecule is [CH2]C1CCC(C(C)(C)CC)CC1. The molecule has 1 radical (unpaired) electrons. The fourth-order valence-electron chi connectivity index (χ4n) is 2.23. The van der Waals surface area contributed by atoms with Crippen molar-refractivity contribution < 1.29 is 0 Å². The largest absolute Gasteiger partial charge is 0.0649 e. The van der Waals surface area contributed by atoms with Crippen molar-refractivity contribution in [3.05, 3.63) is 6.92 Å². The van der Waals surface area contributed by atoms with Gasteiger partial charge in [-0.3, -0.25) is 0 Å². The van der Waals surface area contributed by atoms with Gasteiger partial charge in [0.1, 0.15) is 0 Å². The molecule has 0 aromatic heterocycles. The molecule has 0 bridgehead atoms. The van der Waals surface area contributed by atoms with Crippen LogP contribution in [0.5, 0.6) is 0 Å². The number of hydrogen-bond donors (Lipinski definition) is 0. The maximum Gasteiger partial charge on any atom is -0.0329 e. The summed E-state index contributed by atoms with van der Waals surface area (Å²) in [5.41, 5.74) is 0.570. The van der Waals surface area contributed by atoms with E-state index in [9.17, 15) is 0 Å². The zero-order valence-electron chi connectivity index (χ0n) is 8.90. The standard InChI is InChI=1S/C12H23/c1-5-12(3,4)11-8-6-10(2)7-9-11/h10-11H,2,5-9H2,1,3-4H3. The van der Waals surface area contributed by atoms with Crippen molar-refractivity contribution in [3.8, 4) is 0 Å².